The highest BCUT2D eigenvalue weighted by molar-refractivity contribution is 5.92. The zero-order valence-electron chi connectivity index (χ0n) is 8.62. The Kier molecular flexibility index (Phi) is 4.23. The largest absolute Gasteiger partial charge is 0.367 e. The molecule has 78 valence electrons. The van der Waals surface area contributed by atoms with Crippen LogP contribution in [0.3, 0.4) is 0 Å². The molecular formula is C11H18N2O. The molecule has 14 heavy (non-hydrogen) atoms. The van der Waals surface area contributed by atoms with Crippen LogP contribution >= 0.6 is 0 Å². The summed E-state index contributed by atoms with van der Waals surface area (Å²) in [6.45, 7) is 2.17. The second-order valence-electron chi connectivity index (χ2n) is 3.59. The van der Waals surface area contributed by atoms with E-state index in [1.165, 1.54) is 12.8 Å². The predicted octanol–water partition coefficient (Wildman–Crippen LogP) is 1.67. The summed E-state index contributed by atoms with van der Waals surface area (Å²) >= 11 is 0. The quantitative estimate of drug-likeness (QED) is 0.654. The van der Waals surface area contributed by atoms with E-state index in [2.05, 4.69) is 12.2 Å². The van der Waals surface area contributed by atoms with Gasteiger partial charge in [0.15, 0.2) is 0 Å². The van der Waals surface area contributed by atoms with Gasteiger partial charge in [-0.2, -0.15) is 0 Å². The predicted molar refractivity (Wildman–Crippen MR) is 57.2 cm³/mol. The molecule has 0 aliphatic carbocycles. The Labute approximate surface area is 85.1 Å². The van der Waals surface area contributed by atoms with Crippen LogP contribution in [-0.4, -0.2) is 5.91 Å². The number of dihydropyridines is 1. The standard InChI is InChI=1S/C11H18N2O/c1-2-3-4-5-9-6-7-13-8-10(9)11(12)14/h6-9,13H,2-5H2,1H3,(H2,12,14). The molecule has 0 saturated heterocycles. The summed E-state index contributed by atoms with van der Waals surface area (Å²) in [6, 6.07) is 0. The van der Waals surface area contributed by atoms with Crippen molar-refractivity contribution >= 4 is 5.91 Å². The first-order valence-corrected chi connectivity index (χ1v) is 5.18. The highest BCUT2D eigenvalue weighted by Gasteiger charge is 2.17. The maximum absolute atomic E-state index is 11.1. The summed E-state index contributed by atoms with van der Waals surface area (Å²) in [7, 11) is 0. The fourth-order valence-electron chi connectivity index (χ4n) is 1.64. The van der Waals surface area contributed by atoms with Gasteiger partial charge in [-0.15, -0.1) is 0 Å². The number of nitrogens with one attached hydrogen (secondary N) is 1. The fraction of sp³-hybridized carbons (Fsp3) is 0.545. The van der Waals surface area contributed by atoms with Gasteiger partial charge in [-0.1, -0.05) is 32.3 Å². The smallest absolute Gasteiger partial charge is 0.246 e. The van der Waals surface area contributed by atoms with Crippen molar-refractivity contribution in [2.24, 2.45) is 11.7 Å². The van der Waals surface area contributed by atoms with E-state index in [1.54, 1.807) is 6.20 Å². The van der Waals surface area contributed by atoms with Crippen LogP contribution < -0.4 is 11.1 Å². The molecule has 0 aromatic heterocycles. The summed E-state index contributed by atoms with van der Waals surface area (Å²) in [4.78, 5) is 11.1. The summed E-state index contributed by atoms with van der Waals surface area (Å²) in [6.07, 6.45) is 10.2. The number of hydrogen-bond donors (Lipinski definition) is 2. The average molecular weight is 194 g/mol. The Hall–Kier alpha value is -1.25. The van der Waals surface area contributed by atoms with Crippen LogP contribution in [0.15, 0.2) is 24.0 Å². The topological polar surface area (TPSA) is 55.1 Å². The highest BCUT2D eigenvalue weighted by atomic mass is 16.1. The molecule has 1 unspecified atom stereocenters. The lowest BCUT2D eigenvalue weighted by atomic mass is 9.92. The van der Waals surface area contributed by atoms with Crippen LogP contribution in [-0.2, 0) is 4.79 Å². The minimum absolute atomic E-state index is 0.209. The molecule has 0 fully saturated rings. The monoisotopic (exact) mass is 194 g/mol. The van der Waals surface area contributed by atoms with Crippen molar-refractivity contribution in [3.63, 3.8) is 0 Å². The normalized spacial score (nSPS) is 20.1. The Morgan fingerprint density at radius 3 is 3.00 bits per heavy atom. The van der Waals surface area contributed by atoms with Gasteiger partial charge in [0, 0.05) is 17.7 Å². The lowest BCUT2D eigenvalue weighted by Gasteiger charge is -2.17. The van der Waals surface area contributed by atoms with Gasteiger partial charge in [0.1, 0.15) is 0 Å². The van der Waals surface area contributed by atoms with Gasteiger partial charge < -0.3 is 11.1 Å². The van der Waals surface area contributed by atoms with Crippen molar-refractivity contribution in [2.75, 3.05) is 0 Å². The lowest BCUT2D eigenvalue weighted by Crippen LogP contribution is -2.24. The molecule has 1 amide bonds. The van der Waals surface area contributed by atoms with Gasteiger partial charge in [0.2, 0.25) is 5.91 Å². The molecule has 1 aliphatic heterocycles. The fourth-order valence-corrected chi connectivity index (χ4v) is 1.64. The molecule has 0 spiro atoms. The Balaban J connectivity index is 2.48. The van der Waals surface area contributed by atoms with Gasteiger partial charge in [-0.05, 0) is 12.6 Å². The highest BCUT2D eigenvalue weighted by Crippen LogP contribution is 2.21. The van der Waals surface area contributed by atoms with Gasteiger partial charge in [0.25, 0.3) is 0 Å². The van der Waals surface area contributed by atoms with E-state index in [0.29, 0.717) is 5.57 Å². The van der Waals surface area contributed by atoms with Crippen molar-refractivity contribution in [2.45, 2.75) is 32.6 Å². The van der Waals surface area contributed by atoms with Crippen LogP contribution in [0, 0.1) is 5.92 Å². The SMILES string of the molecule is CCCCCC1C=CNC=C1C(N)=O. The average Bonchev–Trinajstić information content (AvgIpc) is 2.19. The van der Waals surface area contributed by atoms with Gasteiger partial charge >= 0.3 is 0 Å². The maximum Gasteiger partial charge on any atom is 0.246 e. The van der Waals surface area contributed by atoms with Crippen LogP contribution in [0.2, 0.25) is 0 Å². The first-order valence-electron chi connectivity index (χ1n) is 5.18. The molecule has 3 N–H and O–H groups in total. The van der Waals surface area contributed by atoms with Crippen LogP contribution in [0.5, 0.6) is 0 Å². The number of carbonyl (C=O) groups is 1. The molecule has 1 rings (SSSR count). The molecule has 3 heteroatoms. The first-order chi connectivity index (χ1) is 6.75. The number of hydrogen-bond acceptors (Lipinski definition) is 2. The van der Waals surface area contributed by atoms with Gasteiger partial charge in [-0.25, -0.2) is 0 Å². The third-order valence-electron chi connectivity index (χ3n) is 2.47. The van der Waals surface area contributed by atoms with E-state index in [4.69, 9.17) is 5.73 Å². The number of rotatable bonds is 5. The summed E-state index contributed by atoms with van der Waals surface area (Å²) in [5, 5.41) is 2.89. The minimum atomic E-state index is -0.316. The molecule has 3 nitrogen and oxygen atoms in total. The van der Waals surface area contributed by atoms with E-state index in [1.807, 2.05) is 12.3 Å². The lowest BCUT2D eigenvalue weighted by molar-refractivity contribution is -0.115. The number of primary amides is 1. The zero-order chi connectivity index (χ0) is 10.4. The molecule has 0 bridgehead atoms. The summed E-state index contributed by atoms with van der Waals surface area (Å²) < 4.78 is 0. The summed E-state index contributed by atoms with van der Waals surface area (Å²) in [5.41, 5.74) is 5.98. The number of amides is 1. The van der Waals surface area contributed by atoms with Crippen molar-refractivity contribution in [1.82, 2.24) is 5.32 Å². The van der Waals surface area contributed by atoms with Gasteiger partial charge in [-0.3, -0.25) is 4.79 Å². The van der Waals surface area contributed by atoms with E-state index >= 15 is 0 Å². The van der Waals surface area contributed by atoms with Gasteiger partial charge in [0.05, 0.1) is 0 Å². The number of carbonyl (C=O) groups excluding carboxylic acids is 1. The summed E-state index contributed by atoms with van der Waals surface area (Å²) in [5.74, 6) is -0.108. The number of allylic oxidation sites excluding steroid dienone is 1. The van der Waals surface area contributed by atoms with Crippen molar-refractivity contribution in [3.05, 3.63) is 24.0 Å². The Bertz CT molecular complexity index is 256. The first kappa shape index (κ1) is 10.8. The number of unbranched alkanes of at least 4 members (excludes halogenated alkanes) is 2. The second-order valence-corrected chi connectivity index (χ2v) is 3.59. The molecule has 0 radical (unpaired) electrons. The maximum atomic E-state index is 11.1. The van der Waals surface area contributed by atoms with Crippen molar-refractivity contribution in [1.29, 1.82) is 0 Å². The third kappa shape index (κ3) is 2.91. The molecule has 1 aliphatic rings. The number of nitrogens with two attached hydrogens (primary N) is 1. The van der Waals surface area contributed by atoms with E-state index in [9.17, 15) is 4.79 Å². The van der Waals surface area contributed by atoms with Crippen LogP contribution in [0.4, 0.5) is 0 Å². The van der Waals surface area contributed by atoms with Crippen LogP contribution in [0.25, 0.3) is 0 Å². The minimum Gasteiger partial charge on any atom is -0.367 e. The molecule has 0 saturated carbocycles. The second kappa shape index (κ2) is 5.47. The zero-order valence-corrected chi connectivity index (χ0v) is 8.62. The van der Waals surface area contributed by atoms with Crippen LogP contribution in [0.1, 0.15) is 32.6 Å². The van der Waals surface area contributed by atoms with E-state index in [-0.39, 0.29) is 11.8 Å². The van der Waals surface area contributed by atoms with Crippen molar-refractivity contribution in [3.8, 4) is 0 Å². The molecule has 0 aromatic carbocycles. The molecule has 1 atom stereocenters. The third-order valence-corrected chi connectivity index (χ3v) is 2.47. The molecule has 0 aromatic rings. The van der Waals surface area contributed by atoms with Crippen molar-refractivity contribution < 1.29 is 4.79 Å². The molecule has 1 heterocycles. The Morgan fingerprint density at radius 2 is 2.36 bits per heavy atom. The molecular weight excluding hydrogens is 176 g/mol. The van der Waals surface area contributed by atoms with E-state index < -0.39 is 0 Å². The Morgan fingerprint density at radius 1 is 1.57 bits per heavy atom. The van der Waals surface area contributed by atoms with E-state index in [0.717, 1.165) is 12.8 Å².